The fourth-order valence-corrected chi connectivity index (χ4v) is 3.64. The van der Waals surface area contributed by atoms with E-state index in [1.165, 1.54) is 19.3 Å². The normalized spacial score (nSPS) is 18.6. The first-order valence-electron chi connectivity index (χ1n) is 7.60. The van der Waals surface area contributed by atoms with E-state index in [1.807, 2.05) is 18.2 Å². The molecule has 1 aromatic carbocycles. The highest BCUT2D eigenvalue weighted by Crippen LogP contribution is 2.37. The number of para-hydroxylation sites is 1. The van der Waals surface area contributed by atoms with Crippen molar-refractivity contribution in [1.82, 2.24) is 9.55 Å². The molecule has 0 amide bonds. The number of benzene rings is 1. The number of nitrogens with zero attached hydrogens (tertiary/aromatic N) is 2. The van der Waals surface area contributed by atoms with Crippen LogP contribution in [-0.2, 0) is 12.1 Å². The molecule has 108 valence electrons. The van der Waals surface area contributed by atoms with Crippen LogP contribution in [-0.4, -0.2) is 9.55 Å². The molecule has 1 fully saturated rings. The molecule has 0 atom stereocenters. The van der Waals surface area contributed by atoms with Gasteiger partial charge in [-0.15, -0.1) is 0 Å². The highest BCUT2D eigenvalue weighted by atomic mass is 35.5. The Kier molecular flexibility index (Phi) is 3.74. The molecule has 1 aliphatic rings. The number of aromatic nitrogens is 2. The van der Waals surface area contributed by atoms with E-state index in [1.54, 1.807) is 0 Å². The van der Waals surface area contributed by atoms with Crippen molar-refractivity contribution >= 4 is 22.6 Å². The third kappa shape index (κ3) is 2.23. The summed E-state index contributed by atoms with van der Waals surface area (Å²) >= 11 is 6.39. The van der Waals surface area contributed by atoms with Crippen LogP contribution in [0.3, 0.4) is 0 Å². The molecule has 2 N–H and O–H groups in total. The zero-order valence-corrected chi connectivity index (χ0v) is 12.8. The smallest absolute Gasteiger partial charge is 0.130 e. The van der Waals surface area contributed by atoms with Gasteiger partial charge in [-0.2, -0.15) is 0 Å². The largest absolute Gasteiger partial charge is 0.325 e. The quantitative estimate of drug-likeness (QED) is 0.920. The van der Waals surface area contributed by atoms with Crippen LogP contribution in [0.15, 0.2) is 18.2 Å². The van der Waals surface area contributed by atoms with Crippen LogP contribution in [0.1, 0.15) is 51.3 Å². The first-order chi connectivity index (χ1) is 9.65. The predicted molar refractivity (Wildman–Crippen MR) is 84.0 cm³/mol. The Balaban J connectivity index is 2.19. The summed E-state index contributed by atoms with van der Waals surface area (Å²) in [6.07, 6.45) is 6.78. The van der Waals surface area contributed by atoms with Gasteiger partial charge in [0.05, 0.1) is 21.6 Å². The molecule has 4 heteroatoms. The van der Waals surface area contributed by atoms with Gasteiger partial charge in [-0.3, -0.25) is 0 Å². The van der Waals surface area contributed by atoms with Gasteiger partial charge >= 0.3 is 0 Å². The molecular weight excluding hydrogens is 270 g/mol. The Bertz CT molecular complexity index is 611. The van der Waals surface area contributed by atoms with Crippen LogP contribution < -0.4 is 5.73 Å². The van der Waals surface area contributed by atoms with Crippen molar-refractivity contribution in [3.8, 4) is 0 Å². The van der Waals surface area contributed by atoms with Crippen molar-refractivity contribution < 1.29 is 0 Å². The maximum absolute atomic E-state index is 6.70. The zero-order valence-electron chi connectivity index (χ0n) is 12.0. The van der Waals surface area contributed by atoms with E-state index in [0.29, 0.717) is 0 Å². The summed E-state index contributed by atoms with van der Waals surface area (Å²) in [4.78, 5) is 4.84. The maximum atomic E-state index is 6.70. The Hall–Kier alpha value is -1.06. The number of imidazole rings is 1. The predicted octanol–water partition coefficient (Wildman–Crippen LogP) is 4.22. The molecule has 0 aliphatic heterocycles. The van der Waals surface area contributed by atoms with Gasteiger partial charge in [0.15, 0.2) is 0 Å². The second kappa shape index (κ2) is 5.38. The van der Waals surface area contributed by atoms with Gasteiger partial charge in [0.25, 0.3) is 0 Å². The van der Waals surface area contributed by atoms with Crippen molar-refractivity contribution in [2.24, 2.45) is 5.73 Å². The summed E-state index contributed by atoms with van der Waals surface area (Å²) in [5.41, 5.74) is 8.43. The van der Waals surface area contributed by atoms with E-state index >= 15 is 0 Å². The minimum Gasteiger partial charge on any atom is -0.325 e. The van der Waals surface area contributed by atoms with Crippen LogP contribution >= 0.6 is 11.6 Å². The average Bonchev–Trinajstić information content (AvgIpc) is 2.81. The summed E-state index contributed by atoms with van der Waals surface area (Å²) in [7, 11) is 0. The third-order valence-corrected chi connectivity index (χ3v) is 4.66. The summed E-state index contributed by atoms with van der Waals surface area (Å²) in [5.74, 6) is 1.03. The van der Waals surface area contributed by atoms with Crippen molar-refractivity contribution in [2.45, 2.75) is 57.5 Å². The molecule has 0 unspecified atom stereocenters. The Morgan fingerprint density at radius 1 is 1.30 bits per heavy atom. The molecule has 1 heterocycles. The van der Waals surface area contributed by atoms with E-state index in [0.717, 1.165) is 47.7 Å². The van der Waals surface area contributed by atoms with Gasteiger partial charge in [0, 0.05) is 6.54 Å². The first-order valence-corrected chi connectivity index (χ1v) is 7.97. The van der Waals surface area contributed by atoms with Crippen LogP contribution in [0, 0.1) is 0 Å². The Labute approximate surface area is 125 Å². The van der Waals surface area contributed by atoms with E-state index in [4.69, 9.17) is 22.3 Å². The number of halogens is 1. The summed E-state index contributed by atoms with van der Waals surface area (Å²) < 4.78 is 2.25. The van der Waals surface area contributed by atoms with E-state index < -0.39 is 0 Å². The highest BCUT2D eigenvalue weighted by Gasteiger charge is 2.34. The van der Waals surface area contributed by atoms with Gasteiger partial charge in [-0.25, -0.2) is 4.98 Å². The number of fused-ring (bicyclic) bond motifs is 1. The number of rotatable bonds is 3. The van der Waals surface area contributed by atoms with Crippen LogP contribution in [0.5, 0.6) is 0 Å². The summed E-state index contributed by atoms with van der Waals surface area (Å²) in [5, 5.41) is 0.772. The molecule has 1 aromatic heterocycles. The van der Waals surface area contributed by atoms with Gasteiger partial charge in [0.1, 0.15) is 5.82 Å². The van der Waals surface area contributed by atoms with E-state index in [-0.39, 0.29) is 5.54 Å². The second-order valence-electron chi connectivity index (χ2n) is 5.91. The van der Waals surface area contributed by atoms with Crippen LogP contribution in [0.4, 0.5) is 0 Å². The molecule has 3 rings (SSSR count). The minimum absolute atomic E-state index is 0.282. The molecule has 0 bridgehead atoms. The Morgan fingerprint density at radius 2 is 2.05 bits per heavy atom. The lowest BCUT2D eigenvalue weighted by molar-refractivity contribution is 0.278. The fraction of sp³-hybridized carbons (Fsp3) is 0.562. The SMILES string of the molecule is CCCn1c(C2(N)CCCCC2)nc2cccc(Cl)c21. The number of hydrogen-bond donors (Lipinski definition) is 1. The molecule has 1 aliphatic carbocycles. The lowest BCUT2D eigenvalue weighted by Crippen LogP contribution is -2.41. The molecule has 2 aromatic rings. The molecule has 1 saturated carbocycles. The van der Waals surface area contributed by atoms with Crippen LogP contribution in [0.25, 0.3) is 11.0 Å². The maximum Gasteiger partial charge on any atom is 0.130 e. The highest BCUT2D eigenvalue weighted by molar-refractivity contribution is 6.35. The van der Waals surface area contributed by atoms with Crippen molar-refractivity contribution in [3.63, 3.8) is 0 Å². The van der Waals surface area contributed by atoms with Crippen molar-refractivity contribution in [1.29, 1.82) is 0 Å². The second-order valence-corrected chi connectivity index (χ2v) is 6.32. The number of hydrogen-bond acceptors (Lipinski definition) is 2. The first kappa shape index (κ1) is 13.9. The summed E-state index contributed by atoms with van der Waals surface area (Å²) in [6.45, 7) is 3.10. The molecular formula is C16H22ClN3. The lowest BCUT2D eigenvalue weighted by Gasteiger charge is -2.33. The average molecular weight is 292 g/mol. The minimum atomic E-state index is -0.282. The number of nitrogens with two attached hydrogens (primary N) is 1. The number of aryl methyl sites for hydroxylation is 1. The van der Waals surface area contributed by atoms with Gasteiger partial charge in [-0.1, -0.05) is 43.9 Å². The monoisotopic (exact) mass is 291 g/mol. The van der Waals surface area contributed by atoms with Gasteiger partial charge < -0.3 is 10.3 Å². The molecule has 0 radical (unpaired) electrons. The molecule has 20 heavy (non-hydrogen) atoms. The van der Waals surface area contributed by atoms with E-state index in [9.17, 15) is 0 Å². The van der Waals surface area contributed by atoms with Crippen molar-refractivity contribution in [3.05, 3.63) is 29.0 Å². The van der Waals surface area contributed by atoms with E-state index in [2.05, 4.69) is 11.5 Å². The summed E-state index contributed by atoms with van der Waals surface area (Å²) in [6, 6.07) is 5.93. The topological polar surface area (TPSA) is 43.8 Å². The molecule has 0 saturated heterocycles. The van der Waals surface area contributed by atoms with Gasteiger partial charge in [0.2, 0.25) is 0 Å². The Morgan fingerprint density at radius 3 is 2.75 bits per heavy atom. The van der Waals surface area contributed by atoms with Crippen molar-refractivity contribution in [2.75, 3.05) is 0 Å². The molecule has 0 spiro atoms. The molecule has 3 nitrogen and oxygen atoms in total. The van der Waals surface area contributed by atoms with Crippen LogP contribution in [0.2, 0.25) is 5.02 Å². The standard InChI is InChI=1S/C16H22ClN3/c1-2-11-20-14-12(17)7-6-8-13(14)19-15(20)16(18)9-4-3-5-10-16/h6-8H,2-5,9-11,18H2,1H3. The third-order valence-electron chi connectivity index (χ3n) is 4.36. The lowest BCUT2D eigenvalue weighted by atomic mass is 9.82. The van der Waals surface area contributed by atoms with Gasteiger partial charge in [-0.05, 0) is 31.4 Å². The zero-order chi connectivity index (χ0) is 14.2. The fourth-order valence-electron chi connectivity index (χ4n) is 3.37.